The number of rotatable bonds is 4. The lowest BCUT2D eigenvalue weighted by atomic mass is 9.91. The lowest BCUT2D eigenvalue weighted by Gasteiger charge is -2.27. The highest BCUT2D eigenvalue weighted by Crippen LogP contribution is 2.28. The summed E-state index contributed by atoms with van der Waals surface area (Å²) in [4.78, 5) is 14.3. The van der Waals surface area contributed by atoms with Gasteiger partial charge in [0.05, 0.1) is 6.10 Å². The van der Waals surface area contributed by atoms with Crippen LogP contribution in [0.25, 0.3) is 0 Å². The van der Waals surface area contributed by atoms with Gasteiger partial charge in [-0.05, 0) is 47.2 Å². The van der Waals surface area contributed by atoms with Crippen molar-refractivity contribution in [3.8, 4) is 0 Å². The van der Waals surface area contributed by atoms with Crippen molar-refractivity contribution in [3.05, 3.63) is 56.1 Å². The highest BCUT2D eigenvalue weighted by molar-refractivity contribution is 7.07. The van der Waals surface area contributed by atoms with E-state index in [0.29, 0.717) is 6.54 Å². The van der Waals surface area contributed by atoms with E-state index >= 15 is 0 Å². The van der Waals surface area contributed by atoms with Gasteiger partial charge < -0.3 is 15.4 Å². The lowest BCUT2D eigenvalue weighted by Crippen LogP contribution is -2.30. The Kier molecular flexibility index (Phi) is 4.00. The van der Waals surface area contributed by atoms with E-state index in [9.17, 15) is 9.90 Å². The average Bonchev–Trinajstić information content (AvgIpc) is 2.98. The first-order chi connectivity index (χ1) is 9.74. The molecule has 2 aromatic heterocycles. The molecule has 2 unspecified atom stereocenters. The zero-order valence-electron chi connectivity index (χ0n) is 11.1. The maximum atomic E-state index is 11.4. The van der Waals surface area contributed by atoms with Crippen LogP contribution >= 0.6 is 11.3 Å². The Morgan fingerprint density at radius 2 is 2.35 bits per heavy atom. The van der Waals surface area contributed by atoms with Crippen molar-refractivity contribution in [1.29, 1.82) is 0 Å². The first kappa shape index (κ1) is 13.5. The van der Waals surface area contributed by atoms with E-state index in [0.717, 1.165) is 36.1 Å². The van der Waals surface area contributed by atoms with Crippen LogP contribution in [0.15, 0.2) is 33.8 Å². The fourth-order valence-corrected chi connectivity index (χ4v) is 3.46. The van der Waals surface area contributed by atoms with Crippen LogP contribution in [0.3, 0.4) is 0 Å². The van der Waals surface area contributed by atoms with E-state index < -0.39 is 6.10 Å². The van der Waals surface area contributed by atoms with E-state index in [-0.39, 0.29) is 11.6 Å². The van der Waals surface area contributed by atoms with Crippen LogP contribution in [0.4, 0.5) is 0 Å². The molecule has 0 spiro atoms. The molecule has 2 aromatic rings. The number of hydrogen-bond donors (Lipinski definition) is 3. The lowest BCUT2D eigenvalue weighted by molar-refractivity contribution is 0.168. The van der Waals surface area contributed by atoms with Gasteiger partial charge in [-0.1, -0.05) is 6.07 Å². The number of aliphatic hydroxyl groups is 1. The van der Waals surface area contributed by atoms with Gasteiger partial charge in [-0.2, -0.15) is 11.3 Å². The summed E-state index contributed by atoms with van der Waals surface area (Å²) in [6.45, 7) is 0.528. The summed E-state index contributed by atoms with van der Waals surface area (Å²) >= 11 is 1.59. The second kappa shape index (κ2) is 5.91. The van der Waals surface area contributed by atoms with Crippen LogP contribution < -0.4 is 10.9 Å². The van der Waals surface area contributed by atoms with Gasteiger partial charge in [0.25, 0.3) is 0 Å². The fourth-order valence-electron chi connectivity index (χ4n) is 2.75. The Bertz CT molecular complexity index is 621. The molecule has 2 atom stereocenters. The van der Waals surface area contributed by atoms with Crippen LogP contribution in [0.1, 0.15) is 41.8 Å². The van der Waals surface area contributed by atoms with Crippen LogP contribution in [0.2, 0.25) is 0 Å². The minimum absolute atomic E-state index is 0.0392. The summed E-state index contributed by atoms with van der Waals surface area (Å²) in [5.74, 6) is 0. The largest absolute Gasteiger partial charge is 0.387 e. The first-order valence-corrected chi connectivity index (χ1v) is 7.84. The van der Waals surface area contributed by atoms with Crippen molar-refractivity contribution in [2.24, 2.45) is 0 Å². The molecule has 0 aromatic carbocycles. The van der Waals surface area contributed by atoms with Gasteiger partial charge in [-0.3, -0.25) is 4.79 Å². The predicted molar refractivity (Wildman–Crippen MR) is 80.0 cm³/mol. The van der Waals surface area contributed by atoms with Gasteiger partial charge in [-0.15, -0.1) is 0 Å². The number of aryl methyl sites for hydroxylation is 1. The van der Waals surface area contributed by atoms with Gasteiger partial charge in [-0.25, -0.2) is 0 Å². The molecule has 0 saturated carbocycles. The monoisotopic (exact) mass is 290 g/mol. The molecule has 3 rings (SSSR count). The quantitative estimate of drug-likeness (QED) is 0.808. The van der Waals surface area contributed by atoms with Gasteiger partial charge in [0, 0.05) is 24.3 Å². The first-order valence-electron chi connectivity index (χ1n) is 6.89. The minimum atomic E-state index is -0.477. The molecule has 0 saturated heterocycles. The van der Waals surface area contributed by atoms with Crippen LogP contribution in [0.5, 0.6) is 0 Å². The minimum Gasteiger partial charge on any atom is -0.387 e. The van der Waals surface area contributed by atoms with E-state index in [1.807, 2.05) is 22.9 Å². The average molecular weight is 290 g/mol. The Morgan fingerprint density at radius 3 is 3.15 bits per heavy atom. The van der Waals surface area contributed by atoms with Crippen LogP contribution in [-0.4, -0.2) is 16.6 Å². The molecule has 0 bridgehead atoms. The number of thiophene rings is 1. The molecule has 4 nitrogen and oxygen atoms in total. The van der Waals surface area contributed by atoms with Crippen molar-refractivity contribution < 1.29 is 5.11 Å². The third-order valence-corrected chi connectivity index (χ3v) is 4.52. The Hall–Kier alpha value is -1.43. The maximum Gasteiger partial charge on any atom is 0.248 e. The van der Waals surface area contributed by atoms with Gasteiger partial charge in [0.15, 0.2) is 0 Å². The molecule has 1 aliphatic rings. The number of aromatic nitrogens is 1. The SMILES string of the molecule is O=c1ccc2c([nH]1)CCCC2NCC(O)c1ccsc1. The molecule has 1 aliphatic carbocycles. The topological polar surface area (TPSA) is 65.1 Å². The summed E-state index contributed by atoms with van der Waals surface area (Å²) in [7, 11) is 0. The Morgan fingerprint density at radius 1 is 1.45 bits per heavy atom. The number of nitrogens with one attached hydrogen (secondary N) is 2. The highest BCUT2D eigenvalue weighted by atomic mass is 32.1. The molecule has 3 N–H and O–H groups in total. The van der Waals surface area contributed by atoms with Crippen LogP contribution in [0, 0.1) is 0 Å². The summed E-state index contributed by atoms with van der Waals surface area (Å²) in [5, 5.41) is 17.5. The Balaban J connectivity index is 1.69. The van der Waals surface area contributed by atoms with Crippen molar-refractivity contribution >= 4 is 11.3 Å². The molecule has 0 fully saturated rings. The Labute approximate surface area is 121 Å². The normalized spacial score (nSPS) is 19.6. The second-order valence-corrected chi connectivity index (χ2v) is 5.96. The van der Waals surface area contributed by atoms with Gasteiger partial charge in [0.2, 0.25) is 5.56 Å². The molecule has 0 amide bonds. The van der Waals surface area contributed by atoms with E-state index in [1.165, 1.54) is 0 Å². The maximum absolute atomic E-state index is 11.4. The standard InChI is InChI=1S/C15H18N2O2S/c18-14(10-6-7-20-9-10)8-16-12-2-1-3-13-11(12)4-5-15(19)17-13/h4-7,9,12,14,16,18H,1-3,8H2,(H,17,19). The van der Waals surface area contributed by atoms with Gasteiger partial charge in [0.1, 0.15) is 0 Å². The summed E-state index contributed by atoms with van der Waals surface area (Å²) in [6, 6.07) is 5.64. The number of hydrogen-bond acceptors (Lipinski definition) is 4. The summed E-state index contributed by atoms with van der Waals surface area (Å²) in [6.07, 6.45) is 2.54. The third kappa shape index (κ3) is 2.85. The molecule has 0 radical (unpaired) electrons. The zero-order chi connectivity index (χ0) is 13.9. The molecule has 0 aliphatic heterocycles. The molecule has 106 valence electrons. The fraction of sp³-hybridized carbons (Fsp3) is 0.400. The smallest absolute Gasteiger partial charge is 0.248 e. The summed E-state index contributed by atoms with van der Waals surface area (Å²) in [5.41, 5.74) is 3.11. The van der Waals surface area contributed by atoms with Crippen molar-refractivity contribution in [3.63, 3.8) is 0 Å². The van der Waals surface area contributed by atoms with Crippen molar-refractivity contribution in [1.82, 2.24) is 10.3 Å². The van der Waals surface area contributed by atoms with Crippen molar-refractivity contribution in [2.75, 3.05) is 6.54 Å². The molecular formula is C15H18N2O2S. The summed E-state index contributed by atoms with van der Waals surface area (Å²) < 4.78 is 0. The number of aromatic amines is 1. The second-order valence-electron chi connectivity index (χ2n) is 5.18. The van der Waals surface area contributed by atoms with Crippen LogP contribution in [-0.2, 0) is 6.42 Å². The van der Waals surface area contributed by atoms with E-state index in [2.05, 4.69) is 10.3 Å². The van der Waals surface area contributed by atoms with Gasteiger partial charge >= 0.3 is 0 Å². The number of pyridine rings is 1. The third-order valence-electron chi connectivity index (χ3n) is 3.82. The molecule has 20 heavy (non-hydrogen) atoms. The number of fused-ring (bicyclic) bond motifs is 1. The number of H-pyrrole nitrogens is 1. The van der Waals surface area contributed by atoms with Crippen molar-refractivity contribution in [2.45, 2.75) is 31.4 Å². The zero-order valence-corrected chi connectivity index (χ0v) is 12.0. The highest BCUT2D eigenvalue weighted by Gasteiger charge is 2.21. The number of aliphatic hydroxyl groups excluding tert-OH is 1. The molecule has 2 heterocycles. The van der Waals surface area contributed by atoms with E-state index in [1.54, 1.807) is 17.4 Å². The predicted octanol–water partition coefficient (Wildman–Crippen LogP) is 2.14. The van der Waals surface area contributed by atoms with E-state index in [4.69, 9.17) is 0 Å². The molecule has 5 heteroatoms. The molecular weight excluding hydrogens is 272 g/mol.